The molecular formula is C30H19Cl3N2O5. The summed E-state index contributed by atoms with van der Waals surface area (Å²) in [6.45, 7) is 0.425. The highest BCUT2D eigenvalue weighted by molar-refractivity contribution is 6.54. The van der Waals surface area contributed by atoms with Gasteiger partial charge in [0.1, 0.15) is 28.8 Å². The van der Waals surface area contributed by atoms with Gasteiger partial charge in [-0.3, -0.25) is 9.59 Å². The van der Waals surface area contributed by atoms with E-state index in [1.54, 1.807) is 42.5 Å². The molecule has 1 aliphatic heterocycles. The van der Waals surface area contributed by atoms with E-state index in [-0.39, 0.29) is 32.0 Å². The standard InChI is InChI=1S/C30H19Cl3N2O5/c31-23-7-4-8-24(25(23)32)35-28(36)26(33)27(29(35)37)34-20-11-9-19(10-12-20)30(38)40-22-15-13-21(14-16-22)39-17-18-5-2-1-3-6-18/h1-16,34H,17H2. The summed E-state index contributed by atoms with van der Waals surface area (Å²) >= 11 is 18.4. The molecular weight excluding hydrogens is 575 g/mol. The smallest absolute Gasteiger partial charge is 0.343 e. The highest BCUT2D eigenvalue weighted by atomic mass is 35.5. The van der Waals surface area contributed by atoms with Gasteiger partial charge in [0, 0.05) is 5.69 Å². The van der Waals surface area contributed by atoms with Gasteiger partial charge in [-0.15, -0.1) is 0 Å². The Hall–Kier alpha value is -4.30. The van der Waals surface area contributed by atoms with Crippen LogP contribution in [-0.2, 0) is 16.2 Å². The third kappa shape index (κ3) is 5.82. The maximum atomic E-state index is 13.0. The van der Waals surface area contributed by atoms with E-state index in [4.69, 9.17) is 44.3 Å². The second kappa shape index (κ2) is 11.8. The first-order valence-electron chi connectivity index (χ1n) is 11.9. The molecule has 0 radical (unpaired) electrons. The molecule has 0 spiro atoms. The molecule has 0 unspecified atom stereocenters. The van der Waals surface area contributed by atoms with Gasteiger partial charge >= 0.3 is 5.97 Å². The second-order valence-corrected chi connectivity index (χ2v) is 9.71. The zero-order valence-corrected chi connectivity index (χ0v) is 22.8. The van der Waals surface area contributed by atoms with E-state index in [1.807, 2.05) is 30.3 Å². The molecule has 0 aromatic heterocycles. The summed E-state index contributed by atoms with van der Waals surface area (Å²) in [5, 5.41) is 2.78. The highest BCUT2D eigenvalue weighted by Crippen LogP contribution is 2.37. The average Bonchev–Trinajstić information content (AvgIpc) is 3.18. The highest BCUT2D eigenvalue weighted by Gasteiger charge is 2.40. The van der Waals surface area contributed by atoms with Crippen LogP contribution in [0.4, 0.5) is 11.4 Å². The quantitative estimate of drug-likeness (QED) is 0.132. The third-order valence-corrected chi connectivity index (χ3v) is 7.03. The summed E-state index contributed by atoms with van der Waals surface area (Å²) in [6.07, 6.45) is 0. The molecule has 200 valence electrons. The van der Waals surface area contributed by atoms with Crippen molar-refractivity contribution in [3.8, 4) is 11.5 Å². The second-order valence-electron chi connectivity index (χ2n) is 8.55. The fourth-order valence-electron chi connectivity index (χ4n) is 3.84. The Labute approximate surface area is 244 Å². The molecule has 4 aromatic rings. The van der Waals surface area contributed by atoms with Crippen LogP contribution in [0.25, 0.3) is 0 Å². The number of halogens is 3. The molecule has 0 bridgehead atoms. The van der Waals surface area contributed by atoms with Crippen molar-refractivity contribution in [1.82, 2.24) is 0 Å². The van der Waals surface area contributed by atoms with Crippen molar-refractivity contribution in [3.63, 3.8) is 0 Å². The van der Waals surface area contributed by atoms with Gasteiger partial charge in [-0.2, -0.15) is 0 Å². The number of hydrogen-bond donors (Lipinski definition) is 1. The van der Waals surface area contributed by atoms with Crippen LogP contribution in [0.3, 0.4) is 0 Å². The fraction of sp³-hybridized carbons (Fsp3) is 0.0333. The number of nitrogens with zero attached hydrogens (tertiary/aromatic N) is 1. The molecule has 0 aliphatic carbocycles. The first-order valence-corrected chi connectivity index (χ1v) is 13.0. The monoisotopic (exact) mass is 592 g/mol. The van der Waals surface area contributed by atoms with Crippen LogP contribution in [0.2, 0.25) is 10.0 Å². The number of rotatable bonds is 8. The fourth-order valence-corrected chi connectivity index (χ4v) is 4.43. The number of esters is 1. The van der Waals surface area contributed by atoms with Gasteiger partial charge in [0.2, 0.25) is 0 Å². The van der Waals surface area contributed by atoms with Gasteiger partial charge in [0.05, 0.1) is 21.3 Å². The molecule has 40 heavy (non-hydrogen) atoms. The Morgan fingerprint density at radius 2 is 1.43 bits per heavy atom. The molecule has 0 saturated carbocycles. The predicted molar refractivity (Wildman–Crippen MR) is 154 cm³/mol. The van der Waals surface area contributed by atoms with E-state index in [0.29, 0.717) is 23.8 Å². The molecule has 1 N–H and O–H groups in total. The maximum absolute atomic E-state index is 13.0. The molecule has 1 heterocycles. The van der Waals surface area contributed by atoms with Crippen molar-refractivity contribution in [2.75, 3.05) is 10.2 Å². The van der Waals surface area contributed by atoms with Crippen LogP contribution in [0.1, 0.15) is 15.9 Å². The molecule has 2 amide bonds. The lowest BCUT2D eigenvalue weighted by Crippen LogP contribution is -2.32. The molecule has 0 fully saturated rings. The summed E-state index contributed by atoms with van der Waals surface area (Å²) < 4.78 is 11.2. The number of benzene rings is 4. The number of anilines is 2. The summed E-state index contributed by atoms with van der Waals surface area (Å²) in [7, 11) is 0. The predicted octanol–water partition coefficient (Wildman–Crippen LogP) is 7.23. The van der Waals surface area contributed by atoms with Crippen molar-refractivity contribution in [3.05, 3.63) is 129 Å². The molecule has 0 atom stereocenters. The zero-order chi connectivity index (χ0) is 28.2. The van der Waals surface area contributed by atoms with Crippen LogP contribution in [0.15, 0.2) is 108 Å². The molecule has 1 aliphatic rings. The lowest BCUT2D eigenvalue weighted by atomic mass is 10.2. The van der Waals surface area contributed by atoms with E-state index in [2.05, 4.69) is 5.32 Å². The summed E-state index contributed by atoms with van der Waals surface area (Å²) in [5.41, 5.74) is 1.72. The van der Waals surface area contributed by atoms with Gasteiger partial charge in [0.25, 0.3) is 11.8 Å². The van der Waals surface area contributed by atoms with Gasteiger partial charge in [0.15, 0.2) is 0 Å². The van der Waals surface area contributed by atoms with Crippen LogP contribution in [0.5, 0.6) is 11.5 Å². The molecule has 7 nitrogen and oxygen atoms in total. The number of hydrogen-bond acceptors (Lipinski definition) is 6. The molecule has 10 heteroatoms. The summed E-state index contributed by atoms with van der Waals surface area (Å²) in [5.74, 6) is -1.02. The lowest BCUT2D eigenvalue weighted by Gasteiger charge is -2.17. The first kappa shape index (κ1) is 27.3. The summed E-state index contributed by atoms with van der Waals surface area (Å²) in [4.78, 5) is 39.2. The lowest BCUT2D eigenvalue weighted by molar-refractivity contribution is -0.120. The zero-order valence-electron chi connectivity index (χ0n) is 20.6. The normalized spacial score (nSPS) is 13.0. The van der Waals surface area contributed by atoms with Crippen LogP contribution in [-0.4, -0.2) is 17.8 Å². The minimum atomic E-state index is -0.741. The van der Waals surface area contributed by atoms with Crippen molar-refractivity contribution < 1.29 is 23.9 Å². The average molecular weight is 594 g/mol. The van der Waals surface area contributed by atoms with E-state index >= 15 is 0 Å². The van der Waals surface area contributed by atoms with Crippen molar-refractivity contribution in [2.24, 2.45) is 0 Å². The Morgan fingerprint density at radius 3 is 2.12 bits per heavy atom. The molecule has 4 aromatic carbocycles. The van der Waals surface area contributed by atoms with E-state index in [1.165, 1.54) is 24.3 Å². The van der Waals surface area contributed by atoms with Crippen LogP contribution < -0.4 is 19.7 Å². The Morgan fingerprint density at radius 1 is 0.750 bits per heavy atom. The van der Waals surface area contributed by atoms with Crippen molar-refractivity contribution in [2.45, 2.75) is 6.61 Å². The maximum Gasteiger partial charge on any atom is 0.343 e. The number of amides is 2. The Kier molecular flexibility index (Phi) is 8.07. The van der Waals surface area contributed by atoms with E-state index < -0.39 is 17.8 Å². The van der Waals surface area contributed by atoms with E-state index in [0.717, 1.165) is 10.5 Å². The minimum Gasteiger partial charge on any atom is -0.489 e. The summed E-state index contributed by atoms with van der Waals surface area (Å²) in [6, 6.07) is 27.2. The van der Waals surface area contributed by atoms with Gasteiger partial charge < -0.3 is 14.8 Å². The topological polar surface area (TPSA) is 84.9 Å². The number of carbonyl (C=O) groups is 3. The van der Waals surface area contributed by atoms with Crippen LogP contribution in [0, 0.1) is 0 Å². The SMILES string of the molecule is O=C(Oc1ccc(OCc2ccccc2)cc1)c1ccc(NC2=C(Cl)C(=O)N(c3cccc(Cl)c3Cl)C2=O)cc1. The number of imide groups is 1. The Balaban J connectivity index is 1.20. The molecule has 5 rings (SSSR count). The Bertz CT molecular complexity index is 1620. The van der Waals surface area contributed by atoms with Gasteiger partial charge in [-0.25, -0.2) is 9.69 Å². The van der Waals surface area contributed by atoms with Crippen LogP contribution >= 0.6 is 34.8 Å². The number of nitrogens with one attached hydrogen (secondary N) is 1. The van der Waals surface area contributed by atoms with E-state index in [9.17, 15) is 14.4 Å². The largest absolute Gasteiger partial charge is 0.489 e. The minimum absolute atomic E-state index is 0.0498. The van der Waals surface area contributed by atoms with Crippen molar-refractivity contribution in [1.29, 1.82) is 0 Å². The molecule has 0 saturated heterocycles. The first-order chi connectivity index (χ1) is 19.3. The van der Waals surface area contributed by atoms with Gasteiger partial charge in [-0.05, 0) is 66.2 Å². The number of carbonyl (C=O) groups excluding carboxylic acids is 3. The van der Waals surface area contributed by atoms with Gasteiger partial charge in [-0.1, -0.05) is 71.2 Å². The number of ether oxygens (including phenoxy) is 2. The third-order valence-electron chi connectivity index (χ3n) is 5.87. The van der Waals surface area contributed by atoms with Crippen molar-refractivity contribution >= 4 is 64.0 Å².